The highest BCUT2D eigenvalue weighted by molar-refractivity contribution is 6.30. The Kier molecular flexibility index (Phi) is 5.00. The molecule has 0 spiro atoms. The quantitative estimate of drug-likeness (QED) is 0.877. The molecule has 0 saturated carbocycles. The summed E-state index contributed by atoms with van der Waals surface area (Å²) in [7, 11) is 2.03. The van der Waals surface area contributed by atoms with E-state index in [4.69, 9.17) is 11.6 Å². The molecule has 1 unspecified atom stereocenters. The van der Waals surface area contributed by atoms with E-state index in [0.29, 0.717) is 6.04 Å². The number of benzene rings is 1. The van der Waals surface area contributed by atoms with E-state index >= 15 is 0 Å². The zero-order valence-electron chi connectivity index (χ0n) is 11.4. The summed E-state index contributed by atoms with van der Waals surface area (Å²) in [6, 6.07) is 8.44. The maximum absolute atomic E-state index is 5.92. The van der Waals surface area contributed by atoms with Crippen LogP contribution < -0.4 is 5.32 Å². The van der Waals surface area contributed by atoms with Crippen LogP contribution in [0.5, 0.6) is 0 Å². The fourth-order valence-electron chi connectivity index (χ4n) is 2.19. The second-order valence-electron chi connectivity index (χ2n) is 4.67. The van der Waals surface area contributed by atoms with Crippen LogP contribution in [-0.4, -0.2) is 16.1 Å². The third kappa shape index (κ3) is 3.82. The highest BCUT2D eigenvalue weighted by atomic mass is 35.5. The monoisotopic (exact) mass is 277 g/mol. The average molecular weight is 278 g/mol. The van der Waals surface area contributed by atoms with Gasteiger partial charge < -0.3 is 9.88 Å². The molecule has 0 aliphatic carbocycles. The molecule has 0 bridgehead atoms. The van der Waals surface area contributed by atoms with E-state index in [-0.39, 0.29) is 0 Å². The van der Waals surface area contributed by atoms with Crippen LogP contribution in [0.3, 0.4) is 0 Å². The molecular weight excluding hydrogens is 258 g/mol. The summed E-state index contributed by atoms with van der Waals surface area (Å²) in [4.78, 5) is 4.33. The molecule has 3 nitrogen and oxygen atoms in total. The third-order valence-corrected chi connectivity index (χ3v) is 3.59. The van der Waals surface area contributed by atoms with Crippen LogP contribution in [0.1, 0.15) is 30.8 Å². The summed E-state index contributed by atoms with van der Waals surface area (Å²) in [5.41, 5.74) is 1.28. The van der Waals surface area contributed by atoms with Gasteiger partial charge in [0.2, 0.25) is 0 Å². The minimum atomic E-state index is 0.373. The Labute approximate surface area is 119 Å². The molecule has 4 heteroatoms. The lowest BCUT2D eigenvalue weighted by Gasteiger charge is -2.17. The van der Waals surface area contributed by atoms with Crippen molar-refractivity contribution in [1.29, 1.82) is 0 Å². The number of rotatable bonds is 6. The van der Waals surface area contributed by atoms with Gasteiger partial charge in [0.15, 0.2) is 0 Å². The first-order chi connectivity index (χ1) is 9.20. The number of aromatic nitrogens is 2. The van der Waals surface area contributed by atoms with E-state index in [0.717, 1.165) is 30.2 Å². The highest BCUT2D eigenvalue weighted by Gasteiger charge is 2.08. The van der Waals surface area contributed by atoms with Crippen LogP contribution in [0.25, 0.3) is 0 Å². The molecule has 1 heterocycles. The van der Waals surface area contributed by atoms with Crippen molar-refractivity contribution >= 4 is 11.6 Å². The van der Waals surface area contributed by atoms with Gasteiger partial charge in [0.1, 0.15) is 5.82 Å². The lowest BCUT2D eigenvalue weighted by Crippen LogP contribution is -2.24. The first kappa shape index (κ1) is 14.1. The Hall–Kier alpha value is -1.32. The van der Waals surface area contributed by atoms with Crippen molar-refractivity contribution in [2.75, 3.05) is 6.54 Å². The first-order valence-electron chi connectivity index (χ1n) is 6.65. The van der Waals surface area contributed by atoms with E-state index < -0.39 is 0 Å². The van der Waals surface area contributed by atoms with Gasteiger partial charge in [-0.1, -0.05) is 30.7 Å². The minimum absolute atomic E-state index is 0.373. The summed E-state index contributed by atoms with van der Waals surface area (Å²) < 4.78 is 2.06. The average Bonchev–Trinajstić information content (AvgIpc) is 2.82. The molecule has 0 radical (unpaired) electrons. The number of hydrogen-bond acceptors (Lipinski definition) is 2. The highest BCUT2D eigenvalue weighted by Crippen LogP contribution is 2.18. The third-order valence-electron chi connectivity index (χ3n) is 3.34. The zero-order chi connectivity index (χ0) is 13.7. The van der Waals surface area contributed by atoms with E-state index in [1.165, 1.54) is 5.56 Å². The first-order valence-corrected chi connectivity index (χ1v) is 7.03. The van der Waals surface area contributed by atoms with Crippen molar-refractivity contribution in [1.82, 2.24) is 14.9 Å². The van der Waals surface area contributed by atoms with E-state index in [1.54, 1.807) is 0 Å². The number of nitrogens with zero attached hydrogens (tertiary/aromatic N) is 2. The number of halogens is 1. The second kappa shape index (κ2) is 6.73. The fraction of sp³-hybridized carbons (Fsp3) is 0.400. The Balaban J connectivity index is 1.89. The summed E-state index contributed by atoms with van der Waals surface area (Å²) in [6.45, 7) is 3.11. The van der Waals surface area contributed by atoms with Crippen LogP contribution >= 0.6 is 11.6 Å². The van der Waals surface area contributed by atoms with Crippen molar-refractivity contribution in [2.24, 2.45) is 7.05 Å². The standard InChI is InChI=1S/C15H20ClN3/c1-3-14(12-4-6-13(16)7-5-12)17-9-8-15-18-10-11-19(15)2/h4-7,10-11,14,17H,3,8-9H2,1-2H3. The maximum atomic E-state index is 5.92. The predicted octanol–water partition coefficient (Wildman–Crippen LogP) is 3.36. The molecule has 1 aromatic heterocycles. The zero-order valence-corrected chi connectivity index (χ0v) is 12.2. The van der Waals surface area contributed by atoms with Crippen molar-refractivity contribution < 1.29 is 0 Å². The summed E-state index contributed by atoms with van der Waals surface area (Å²) in [5.74, 6) is 1.11. The molecule has 1 N–H and O–H groups in total. The normalized spacial score (nSPS) is 12.6. The van der Waals surface area contributed by atoms with E-state index in [2.05, 4.69) is 33.9 Å². The number of aryl methyl sites for hydroxylation is 1. The van der Waals surface area contributed by atoms with Gasteiger partial charge in [-0.3, -0.25) is 0 Å². The van der Waals surface area contributed by atoms with Gasteiger partial charge in [-0.25, -0.2) is 4.98 Å². The molecule has 19 heavy (non-hydrogen) atoms. The Bertz CT molecular complexity index is 504. The number of hydrogen-bond donors (Lipinski definition) is 1. The van der Waals surface area contributed by atoms with Gasteiger partial charge in [-0.2, -0.15) is 0 Å². The summed E-state index contributed by atoms with van der Waals surface area (Å²) in [5, 5.41) is 4.36. The van der Waals surface area contributed by atoms with Gasteiger partial charge in [-0.15, -0.1) is 0 Å². The molecule has 1 atom stereocenters. The molecule has 102 valence electrons. The van der Waals surface area contributed by atoms with Crippen LogP contribution in [0.4, 0.5) is 0 Å². The molecule has 2 aromatic rings. The van der Waals surface area contributed by atoms with Crippen LogP contribution in [-0.2, 0) is 13.5 Å². The predicted molar refractivity (Wildman–Crippen MR) is 79.4 cm³/mol. The van der Waals surface area contributed by atoms with Gasteiger partial charge in [0.25, 0.3) is 0 Å². The van der Waals surface area contributed by atoms with Crippen molar-refractivity contribution in [3.8, 4) is 0 Å². The lowest BCUT2D eigenvalue weighted by atomic mass is 10.0. The van der Waals surface area contributed by atoms with Gasteiger partial charge >= 0.3 is 0 Å². The number of nitrogens with one attached hydrogen (secondary N) is 1. The van der Waals surface area contributed by atoms with Gasteiger partial charge in [0, 0.05) is 43.5 Å². The molecule has 0 aliphatic heterocycles. The molecule has 0 fully saturated rings. The van der Waals surface area contributed by atoms with Crippen LogP contribution in [0.15, 0.2) is 36.7 Å². The van der Waals surface area contributed by atoms with Crippen LogP contribution in [0, 0.1) is 0 Å². The van der Waals surface area contributed by atoms with Crippen molar-refractivity contribution in [3.05, 3.63) is 53.1 Å². The van der Waals surface area contributed by atoms with Crippen molar-refractivity contribution in [2.45, 2.75) is 25.8 Å². The Morgan fingerprint density at radius 3 is 2.63 bits per heavy atom. The summed E-state index contributed by atoms with van der Waals surface area (Å²) in [6.07, 6.45) is 5.81. The van der Waals surface area contributed by atoms with E-state index in [9.17, 15) is 0 Å². The lowest BCUT2D eigenvalue weighted by molar-refractivity contribution is 0.516. The minimum Gasteiger partial charge on any atom is -0.338 e. The molecule has 1 aromatic carbocycles. The molecule has 0 amide bonds. The van der Waals surface area contributed by atoms with Gasteiger partial charge in [-0.05, 0) is 24.1 Å². The molecule has 0 saturated heterocycles. The largest absolute Gasteiger partial charge is 0.338 e. The van der Waals surface area contributed by atoms with Crippen molar-refractivity contribution in [3.63, 3.8) is 0 Å². The molecular formula is C15H20ClN3. The topological polar surface area (TPSA) is 29.9 Å². The molecule has 2 rings (SSSR count). The summed E-state index contributed by atoms with van der Waals surface area (Å²) >= 11 is 5.92. The second-order valence-corrected chi connectivity index (χ2v) is 5.11. The smallest absolute Gasteiger partial charge is 0.109 e. The fourth-order valence-corrected chi connectivity index (χ4v) is 2.31. The Morgan fingerprint density at radius 2 is 2.05 bits per heavy atom. The number of imidazole rings is 1. The maximum Gasteiger partial charge on any atom is 0.109 e. The van der Waals surface area contributed by atoms with Gasteiger partial charge in [0.05, 0.1) is 0 Å². The van der Waals surface area contributed by atoms with Crippen LogP contribution in [0.2, 0.25) is 5.02 Å². The Morgan fingerprint density at radius 1 is 1.32 bits per heavy atom. The SMILES string of the molecule is CCC(NCCc1nccn1C)c1ccc(Cl)cc1. The molecule has 0 aliphatic rings. The van der Waals surface area contributed by atoms with E-state index in [1.807, 2.05) is 31.6 Å².